The number of halogens is 1. The average Bonchev–Trinajstić information content (AvgIpc) is 2.46. The quantitative estimate of drug-likeness (QED) is 0.633. The second kappa shape index (κ2) is 6.31. The Morgan fingerprint density at radius 2 is 2.05 bits per heavy atom. The summed E-state index contributed by atoms with van der Waals surface area (Å²) in [4.78, 5) is 25.0. The summed E-state index contributed by atoms with van der Waals surface area (Å²) in [5, 5.41) is 22.7. The fourth-order valence-corrected chi connectivity index (χ4v) is 2.09. The van der Waals surface area contributed by atoms with E-state index in [0.717, 1.165) is 22.2 Å². The number of nitrogens with one attached hydrogen (secondary N) is 1. The number of carboxylic acid groups (broad SMARTS) is 1. The summed E-state index contributed by atoms with van der Waals surface area (Å²) in [6.07, 6.45) is 0. The third kappa shape index (κ3) is 3.54. The number of carbonyl (C=O) groups is 1. The Labute approximate surface area is 127 Å². The first-order valence-electron chi connectivity index (χ1n) is 5.85. The van der Waals surface area contributed by atoms with Crippen LogP contribution in [-0.4, -0.2) is 21.0 Å². The molecule has 2 rings (SSSR count). The standard InChI is InChI=1S/C13H10BrN3O4/c14-9-4-2-1-3-8(9)7-15-12-11(17(20)21)6-5-10(16-12)13(18)19/h1-6H,7H2,(H,15,16)(H,18,19). The van der Waals surface area contributed by atoms with Gasteiger partial charge in [0.25, 0.3) is 0 Å². The van der Waals surface area contributed by atoms with Gasteiger partial charge in [0, 0.05) is 17.1 Å². The van der Waals surface area contributed by atoms with Gasteiger partial charge < -0.3 is 10.4 Å². The third-order valence-electron chi connectivity index (χ3n) is 2.69. The van der Waals surface area contributed by atoms with Gasteiger partial charge in [-0.1, -0.05) is 34.1 Å². The molecule has 21 heavy (non-hydrogen) atoms. The number of rotatable bonds is 5. The van der Waals surface area contributed by atoms with Crippen LogP contribution in [-0.2, 0) is 6.54 Å². The van der Waals surface area contributed by atoms with E-state index >= 15 is 0 Å². The number of nitro groups is 1. The van der Waals surface area contributed by atoms with Crippen LogP contribution in [0.2, 0.25) is 0 Å². The molecule has 0 atom stereocenters. The summed E-state index contributed by atoms with van der Waals surface area (Å²) in [6.45, 7) is 0.276. The van der Waals surface area contributed by atoms with E-state index in [2.05, 4.69) is 26.2 Å². The SMILES string of the molecule is O=C(O)c1ccc([N+](=O)[O-])c(NCc2ccccc2Br)n1. The van der Waals surface area contributed by atoms with E-state index in [4.69, 9.17) is 5.11 Å². The molecule has 8 heteroatoms. The van der Waals surface area contributed by atoms with E-state index in [1.807, 2.05) is 24.3 Å². The molecule has 0 aliphatic carbocycles. The molecule has 0 saturated heterocycles. The Kier molecular flexibility index (Phi) is 4.49. The average molecular weight is 352 g/mol. The summed E-state index contributed by atoms with van der Waals surface area (Å²) >= 11 is 3.37. The molecular formula is C13H10BrN3O4. The number of nitrogens with zero attached hydrogens (tertiary/aromatic N) is 2. The van der Waals surface area contributed by atoms with Gasteiger partial charge in [-0.15, -0.1) is 0 Å². The van der Waals surface area contributed by atoms with Crippen molar-refractivity contribution in [3.8, 4) is 0 Å². The van der Waals surface area contributed by atoms with Gasteiger partial charge in [-0.2, -0.15) is 0 Å². The smallest absolute Gasteiger partial charge is 0.354 e. The van der Waals surface area contributed by atoms with E-state index in [0.29, 0.717) is 0 Å². The lowest BCUT2D eigenvalue weighted by atomic mass is 10.2. The second-order valence-electron chi connectivity index (χ2n) is 4.07. The molecular weight excluding hydrogens is 342 g/mol. The van der Waals surface area contributed by atoms with Crippen molar-refractivity contribution in [2.24, 2.45) is 0 Å². The highest BCUT2D eigenvalue weighted by Crippen LogP contribution is 2.24. The van der Waals surface area contributed by atoms with Crippen molar-refractivity contribution in [2.75, 3.05) is 5.32 Å². The van der Waals surface area contributed by atoms with Crippen LogP contribution in [0.15, 0.2) is 40.9 Å². The van der Waals surface area contributed by atoms with Crippen LogP contribution < -0.4 is 5.32 Å². The number of pyridine rings is 1. The zero-order valence-corrected chi connectivity index (χ0v) is 12.2. The number of aromatic nitrogens is 1. The molecule has 0 bridgehead atoms. The van der Waals surface area contributed by atoms with Crippen molar-refractivity contribution < 1.29 is 14.8 Å². The Morgan fingerprint density at radius 1 is 1.33 bits per heavy atom. The Hall–Kier alpha value is -2.48. The molecule has 1 aromatic heterocycles. The van der Waals surface area contributed by atoms with Gasteiger partial charge in [0.2, 0.25) is 5.82 Å². The van der Waals surface area contributed by atoms with Crippen molar-refractivity contribution >= 4 is 33.4 Å². The van der Waals surface area contributed by atoms with Crippen LogP contribution in [0.4, 0.5) is 11.5 Å². The van der Waals surface area contributed by atoms with Gasteiger partial charge in [0.1, 0.15) is 0 Å². The van der Waals surface area contributed by atoms with Gasteiger partial charge >= 0.3 is 11.7 Å². The molecule has 0 spiro atoms. The molecule has 0 saturated carbocycles. The van der Waals surface area contributed by atoms with Gasteiger partial charge in [0.15, 0.2) is 5.69 Å². The van der Waals surface area contributed by atoms with Crippen molar-refractivity contribution in [2.45, 2.75) is 6.54 Å². The third-order valence-corrected chi connectivity index (χ3v) is 3.47. The number of hydrogen-bond donors (Lipinski definition) is 2. The fourth-order valence-electron chi connectivity index (χ4n) is 1.67. The lowest BCUT2D eigenvalue weighted by Gasteiger charge is -2.08. The van der Waals surface area contributed by atoms with Crippen LogP contribution >= 0.6 is 15.9 Å². The number of hydrogen-bond acceptors (Lipinski definition) is 5. The number of anilines is 1. The van der Waals surface area contributed by atoms with Crippen LogP contribution in [0, 0.1) is 10.1 Å². The maximum atomic E-state index is 11.0. The van der Waals surface area contributed by atoms with Crippen molar-refractivity contribution in [1.29, 1.82) is 0 Å². The summed E-state index contributed by atoms with van der Waals surface area (Å²) in [7, 11) is 0. The Morgan fingerprint density at radius 3 is 2.67 bits per heavy atom. The van der Waals surface area contributed by atoms with Crippen molar-refractivity contribution in [3.63, 3.8) is 0 Å². The second-order valence-corrected chi connectivity index (χ2v) is 4.93. The van der Waals surface area contributed by atoms with E-state index < -0.39 is 10.9 Å². The van der Waals surface area contributed by atoms with Crippen LogP contribution in [0.5, 0.6) is 0 Å². The minimum atomic E-state index is -1.24. The minimum Gasteiger partial charge on any atom is -0.477 e. The number of aromatic carboxylic acids is 1. The van der Waals surface area contributed by atoms with E-state index in [1.165, 1.54) is 0 Å². The highest BCUT2D eigenvalue weighted by atomic mass is 79.9. The van der Waals surface area contributed by atoms with Crippen LogP contribution in [0.1, 0.15) is 16.1 Å². The first-order valence-corrected chi connectivity index (χ1v) is 6.64. The molecule has 1 aromatic carbocycles. The molecule has 2 N–H and O–H groups in total. The van der Waals surface area contributed by atoms with E-state index in [1.54, 1.807) is 0 Å². The Balaban J connectivity index is 2.29. The van der Waals surface area contributed by atoms with Crippen LogP contribution in [0.25, 0.3) is 0 Å². The summed E-state index contributed by atoms with van der Waals surface area (Å²) in [5.74, 6) is -1.32. The van der Waals surface area contributed by atoms with E-state index in [9.17, 15) is 14.9 Å². The largest absolute Gasteiger partial charge is 0.477 e. The zero-order valence-electron chi connectivity index (χ0n) is 10.6. The predicted octanol–water partition coefficient (Wildman–Crippen LogP) is 3.06. The summed E-state index contributed by atoms with van der Waals surface area (Å²) < 4.78 is 0.842. The maximum Gasteiger partial charge on any atom is 0.354 e. The summed E-state index contributed by atoms with van der Waals surface area (Å²) in [5.41, 5.74) is 0.344. The van der Waals surface area contributed by atoms with Crippen molar-refractivity contribution in [1.82, 2.24) is 4.98 Å². The predicted molar refractivity (Wildman–Crippen MR) is 79.3 cm³/mol. The molecule has 0 unspecified atom stereocenters. The molecule has 0 amide bonds. The lowest BCUT2D eigenvalue weighted by Crippen LogP contribution is -2.09. The maximum absolute atomic E-state index is 11.0. The van der Waals surface area contributed by atoms with Crippen molar-refractivity contribution in [3.05, 3.63) is 62.2 Å². The molecule has 7 nitrogen and oxygen atoms in total. The highest BCUT2D eigenvalue weighted by molar-refractivity contribution is 9.10. The zero-order chi connectivity index (χ0) is 15.4. The normalized spacial score (nSPS) is 10.1. The van der Waals surface area contributed by atoms with Gasteiger partial charge in [-0.25, -0.2) is 9.78 Å². The molecule has 108 valence electrons. The van der Waals surface area contributed by atoms with Gasteiger partial charge in [-0.3, -0.25) is 10.1 Å². The first kappa shape index (κ1) is 14.9. The molecule has 0 radical (unpaired) electrons. The van der Waals surface area contributed by atoms with E-state index in [-0.39, 0.29) is 23.7 Å². The highest BCUT2D eigenvalue weighted by Gasteiger charge is 2.18. The molecule has 2 aromatic rings. The summed E-state index contributed by atoms with van der Waals surface area (Å²) in [6, 6.07) is 9.58. The number of carboxylic acids is 1. The first-order chi connectivity index (χ1) is 9.99. The number of benzene rings is 1. The molecule has 0 fully saturated rings. The fraction of sp³-hybridized carbons (Fsp3) is 0.0769. The molecule has 1 heterocycles. The lowest BCUT2D eigenvalue weighted by molar-refractivity contribution is -0.384. The van der Waals surface area contributed by atoms with Gasteiger partial charge in [0.05, 0.1) is 4.92 Å². The monoisotopic (exact) mass is 351 g/mol. The molecule has 0 aliphatic rings. The van der Waals surface area contributed by atoms with Crippen LogP contribution in [0.3, 0.4) is 0 Å². The topological polar surface area (TPSA) is 105 Å². The molecule has 0 aliphatic heterocycles. The minimum absolute atomic E-state index is 0.0735. The Bertz CT molecular complexity index is 706. The van der Waals surface area contributed by atoms with Gasteiger partial charge in [-0.05, 0) is 17.7 Å².